The first-order chi connectivity index (χ1) is 15.3. The van der Waals surface area contributed by atoms with Crippen molar-refractivity contribution in [2.45, 2.75) is 4.90 Å². The Bertz CT molecular complexity index is 1510. The van der Waals surface area contributed by atoms with Crippen LogP contribution in [-0.2, 0) is 14.8 Å². The predicted molar refractivity (Wildman–Crippen MR) is 121 cm³/mol. The SMILES string of the molecule is O=C(CN1c2cccc3cccc(c23)S1(=O)=O)Nc1nc(-c2cccc([N+](=O)[O-])c2)cs1. The lowest BCUT2D eigenvalue weighted by molar-refractivity contribution is -0.384. The molecule has 1 amide bonds. The summed E-state index contributed by atoms with van der Waals surface area (Å²) in [5.41, 5.74) is 1.42. The van der Waals surface area contributed by atoms with E-state index in [4.69, 9.17) is 0 Å². The van der Waals surface area contributed by atoms with Crippen LogP contribution in [0.5, 0.6) is 0 Å². The Kier molecular flexibility index (Phi) is 4.64. The van der Waals surface area contributed by atoms with E-state index in [1.807, 2.05) is 12.1 Å². The fraction of sp³-hybridized carbons (Fsp3) is 0.0476. The van der Waals surface area contributed by atoms with Gasteiger partial charge in [0, 0.05) is 28.5 Å². The van der Waals surface area contributed by atoms with Gasteiger partial charge in [0.2, 0.25) is 5.91 Å². The Labute approximate surface area is 186 Å². The Morgan fingerprint density at radius 3 is 2.66 bits per heavy atom. The second-order valence-corrected chi connectivity index (χ2v) is 9.73. The summed E-state index contributed by atoms with van der Waals surface area (Å²) < 4.78 is 27.1. The number of nitro benzene ring substituents is 1. The summed E-state index contributed by atoms with van der Waals surface area (Å²) in [6.07, 6.45) is 0. The van der Waals surface area contributed by atoms with E-state index in [2.05, 4.69) is 10.3 Å². The molecule has 0 aliphatic carbocycles. The highest BCUT2D eigenvalue weighted by atomic mass is 32.2. The largest absolute Gasteiger partial charge is 0.300 e. The van der Waals surface area contributed by atoms with Gasteiger partial charge in [-0.2, -0.15) is 0 Å². The maximum absolute atomic E-state index is 13.0. The summed E-state index contributed by atoms with van der Waals surface area (Å²) in [6, 6.07) is 16.3. The van der Waals surface area contributed by atoms with Crippen molar-refractivity contribution in [3.8, 4) is 11.3 Å². The number of nitrogens with one attached hydrogen (secondary N) is 1. The molecule has 4 aromatic rings. The minimum absolute atomic E-state index is 0.0610. The van der Waals surface area contributed by atoms with Gasteiger partial charge in [-0.05, 0) is 17.5 Å². The number of hydrogen-bond acceptors (Lipinski definition) is 7. The number of thiazole rings is 1. The number of non-ortho nitro benzene ring substituents is 1. The molecule has 9 nitrogen and oxygen atoms in total. The molecule has 0 fully saturated rings. The van der Waals surface area contributed by atoms with E-state index in [9.17, 15) is 23.3 Å². The van der Waals surface area contributed by atoms with Crippen LogP contribution < -0.4 is 9.62 Å². The van der Waals surface area contributed by atoms with Crippen LogP contribution in [0.25, 0.3) is 22.0 Å². The zero-order valence-corrected chi connectivity index (χ0v) is 17.9. The molecular formula is C21H14N4O5S2. The zero-order chi connectivity index (χ0) is 22.5. The van der Waals surface area contributed by atoms with E-state index >= 15 is 0 Å². The molecule has 32 heavy (non-hydrogen) atoms. The number of nitro groups is 1. The van der Waals surface area contributed by atoms with E-state index in [-0.39, 0.29) is 15.7 Å². The van der Waals surface area contributed by atoms with Crippen LogP contribution in [0.15, 0.2) is 70.9 Å². The Morgan fingerprint density at radius 2 is 1.88 bits per heavy atom. The number of benzene rings is 3. The fourth-order valence-electron chi connectivity index (χ4n) is 3.66. The van der Waals surface area contributed by atoms with Crippen LogP contribution in [0, 0.1) is 10.1 Å². The lowest BCUT2D eigenvalue weighted by atomic mass is 10.1. The molecule has 0 saturated carbocycles. The van der Waals surface area contributed by atoms with Crippen molar-refractivity contribution >= 4 is 54.5 Å². The third-order valence-corrected chi connectivity index (χ3v) is 7.63. The number of carbonyl (C=O) groups is 1. The molecule has 1 aromatic heterocycles. The maximum atomic E-state index is 13.0. The molecule has 3 aromatic carbocycles. The predicted octanol–water partition coefficient (Wildman–Crippen LogP) is 4.02. The van der Waals surface area contributed by atoms with Crippen LogP contribution in [0.4, 0.5) is 16.5 Å². The van der Waals surface area contributed by atoms with Crippen molar-refractivity contribution < 1.29 is 18.1 Å². The summed E-state index contributed by atoms with van der Waals surface area (Å²) in [6.45, 7) is -0.401. The molecule has 0 atom stereocenters. The molecule has 11 heteroatoms. The van der Waals surface area contributed by atoms with Gasteiger partial charge in [-0.3, -0.25) is 19.2 Å². The zero-order valence-electron chi connectivity index (χ0n) is 16.3. The molecule has 1 N–H and O–H groups in total. The van der Waals surface area contributed by atoms with Crippen LogP contribution in [-0.4, -0.2) is 30.8 Å². The van der Waals surface area contributed by atoms with Crippen LogP contribution >= 0.6 is 11.3 Å². The van der Waals surface area contributed by atoms with E-state index < -0.39 is 27.4 Å². The van der Waals surface area contributed by atoms with Crippen molar-refractivity contribution in [1.82, 2.24) is 4.98 Å². The average molecular weight is 467 g/mol. The summed E-state index contributed by atoms with van der Waals surface area (Å²) in [7, 11) is -3.84. The Morgan fingerprint density at radius 1 is 1.12 bits per heavy atom. The minimum Gasteiger partial charge on any atom is -0.300 e. The van der Waals surface area contributed by atoms with Crippen molar-refractivity contribution in [3.63, 3.8) is 0 Å². The molecule has 0 radical (unpaired) electrons. The number of rotatable bonds is 5. The molecule has 5 rings (SSSR count). The first kappa shape index (κ1) is 20.1. The quantitative estimate of drug-likeness (QED) is 0.350. The van der Waals surface area contributed by atoms with Crippen molar-refractivity contribution in [2.24, 2.45) is 0 Å². The monoisotopic (exact) mass is 466 g/mol. The van der Waals surface area contributed by atoms with Gasteiger partial charge in [0.15, 0.2) is 5.13 Å². The fourth-order valence-corrected chi connectivity index (χ4v) is 6.06. The standard InChI is InChI=1S/C21H14N4O5S2/c26-19(23-21-22-16(12-31-21)14-6-1-7-15(10-14)25(27)28)11-24-17-8-2-4-13-5-3-9-18(20(13)17)32(24,29)30/h1-10,12H,11H2,(H,22,23,26). The molecule has 160 valence electrons. The topological polar surface area (TPSA) is 123 Å². The molecule has 1 aliphatic heterocycles. The highest BCUT2D eigenvalue weighted by Gasteiger charge is 2.36. The lowest BCUT2D eigenvalue weighted by Crippen LogP contribution is -2.35. The van der Waals surface area contributed by atoms with Gasteiger partial charge < -0.3 is 5.32 Å². The highest BCUT2D eigenvalue weighted by molar-refractivity contribution is 7.93. The number of amides is 1. The van der Waals surface area contributed by atoms with Gasteiger partial charge in [-0.1, -0.05) is 36.4 Å². The first-order valence-electron chi connectivity index (χ1n) is 9.39. The van der Waals surface area contributed by atoms with Crippen molar-refractivity contribution in [3.05, 3.63) is 76.2 Å². The minimum atomic E-state index is -3.84. The maximum Gasteiger partial charge on any atom is 0.270 e. The number of hydrogen-bond donors (Lipinski definition) is 1. The number of nitrogens with zero attached hydrogens (tertiary/aromatic N) is 3. The van der Waals surface area contributed by atoms with E-state index in [1.54, 1.807) is 35.7 Å². The molecule has 0 bridgehead atoms. The third kappa shape index (κ3) is 3.27. The van der Waals surface area contributed by atoms with Gasteiger partial charge in [0.25, 0.3) is 15.7 Å². The lowest BCUT2D eigenvalue weighted by Gasteiger charge is -2.17. The molecule has 1 aliphatic rings. The average Bonchev–Trinajstić information content (AvgIpc) is 3.32. The Hall–Kier alpha value is -3.83. The summed E-state index contributed by atoms with van der Waals surface area (Å²) in [5, 5.41) is 16.9. The van der Waals surface area contributed by atoms with Gasteiger partial charge in [0.1, 0.15) is 6.54 Å². The molecule has 2 heterocycles. The van der Waals surface area contributed by atoms with Gasteiger partial charge in [0.05, 0.1) is 21.2 Å². The van der Waals surface area contributed by atoms with Crippen LogP contribution in [0.3, 0.4) is 0 Å². The summed E-state index contributed by atoms with van der Waals surface area (Å²) in [5.74, 6) is -0.543. The normalized spacial score (nSPS) is 13.9. The number of aromatic nitrogens is 1. The Balaban J connectivity index is 1.37. The van der Waals surface area contributed by atoms with Crippen molar-refractivity contribution in [2.75, 3.05) is 16.2 Å². The first-order valence-corrected chi connectivity index (χ1v) is 11.7. The molecule has 0 saturated heterocycles. The van der Waals surface area contributed by atoms with E-state index in [1.165, 1.54) is 18.2 Å². The van der Waals surface area contributed by atoms with Crippen LogP contribution in [0.2, 0.25) is 0 Å². The van der Waals surface area contributed by atoms with Gasteiger partial charge >= 0.3 is 0 Å². The van der Waals surface area contributed by atoms with Crippen LogP contribution in [0.1, 0.15) is 0 Å². The number of carbonyl (C=O) groups excluding carboxylic acids is 1. The highest BCUT2D eigenvalue weighted by Crippen LogP contribution is 2.41. The number of sulfonamides is 1. The molecular weight excluding hydrogens is 452 g/mol. The molecule has 0 unspecified atom stereocenters. The summed E-state index contributed by atoms with van der Waals surface area (Å²) in [4.78, 5) is 27.6. The number of anilines is 2. The summed E-state index contributed by atoms with van der Waals surface area (Å²) >= 11 is 1.15. The third-order valence-electron chi connectivity index (χ3n) is 5.07. The molecule has 0 spiro atoms. The smallest absolute Gasteiger partial charge is 0.270 e. The second kappa shape index (κ2) is 7.39. The second-order valence-electron chi connectivity index (χ2n) is 7.04. The van der Waals surface area contributed by atoms with E-state index in [0.717, 1.165) is 21.0 Å². The van der Waals surface area contributed by atoms with Gasteiger partial charge in [-0.25, -0.2) is 13.4 Å². The van der Waals surface area contributed by atoms with E-state index in [0.29, 0.717) is 22.3 Å². The van der Waals surface area contributed by atoms with Gasteiger partial charge in [-0.15, -0.1) is 11.3 Å². The van der Waals surface area contributed by atoms with Crippen molar-refractivity contribution in [1.29, 1.82) is 0 Å².